The highest BCUT2D eigenvalue weighted by atomic mass is 16.3. The summed E-state index contributed by atoms with van der Waals surface area (Å²) in [6.07, 6.45) is 0.187. The highest BCUT2D eigenvalue weighted by Crippen LogP contribution is 1.97. The van der Waals surface area contributed by atoms with Gasteiger partial charge in [-0.25, -0.2) is 0 Å². The maximum atomic E-state index is 11.2. The fraction of sp³-hybridized carbons (Fsp3) is 0.889. The van der Waals surface area contributed by atoms with E-state index in [0.717, 1.165) is 0 Å². The summed E-state index contributed by atoms with van der Waals surface area (Å²) in [6, 6.07) is -0.450. The van der Waals surface area contributed by atoms with Crippen molar-refractivity contribution in [2.45, 2.75) is 39.3 Å². The SMILES string of the molecule is CC(O)CCNC(=O)C(N)C(C)C. The van der Waals surface area contributed by atoms with E-state index in [4.69, 9.17) is 10.8 Å². The molecule has 13 heavy (non-hydrogen) atoms. The Balaban J connectivity index is 3.62. The fourth-order valence-electron chi connectivity index (χ4n) is 0.825. The number of amides is 1. The van der Waals surface area contributed by atoms with Gasteiger partial charge in [0, 0.05) is 6.54 Å². The molecule has 0 spiro atoms. The van der Waals surface area contributed by atoms with Gasteiger partial charge < -0.3 is 16.2 Å². The van der Waals surface area contributed by atoms with Crippen molar-refractivity contribution >= 4 is 5.91 Å². The molecule has 4 nitrogen and oxygen atoms in total. The summed E-state index contributed by atoms with van der Waals surface area (Å²) in [4.78, 5) is 11.2. The van der Waals surface area contributed by atoms with Crippen molar-refractivity contribution < 1.29 is 9.90 Å². The summed E-state index contributed by atoms with van der Waals surface area (Å²) in [7, 11) is 0. The second-order valence-corrected chi connectivity index (χ2v) is 3.70. The minimum absolute atomic E-state index is 0.143. The molecular formula is C9H20N2O2. The monoisotopic (exact) mass is 188 g/mol. The largest absolute Gasteiger partial charge is 0.393 e. The van der Waals surface area contributed by atoms with Crippen molar-refractivity contribution in [3.05, 3.63) is 0 Å². The minimum atomic E-state index is -0.450. The molecule has 0 aromatic rings. The minimum Gasteiger partial charge on any atom is -0.393 e. The van der Waals surface area contributed by atoms with E-state index < -0.39 is 6.04 Å². The van der Waals surface area contributed by atoms with E-state index in [1.54, 1.807) is 6.92 Å². The molecule has 0 aromatic heterocycles. The Morgan fingerprint density at radius 1 is 1.46 bits per heavy atom. The number of carbonyl (C=O) groups is 1. The maximum Gasteiger partial charge on any atom is 0.237 e. The van der Waals surface area contributed by atoms with Gasteiger partial charge in [0.15, 0.2) is 0 Å². The molecule has 0 saturated heterocycles. The van der Waals surface area contributed by atoms with Crippen LogP contribution in [0.1, 0.15) is 27.2 Å². The molecule has 0 aliphatic carbocycles. The Morgan fingerprint density at radius 3 is 2.38 bits per heavy atom. The van der Waals surface area contributed by atoms with Gasteiger partial charge in [0.2, 0.25) is 5.91 Å². The first-order valence-electron chi connectivity index (χ1n) is 4.66. The van der Waals surface area contributed by atoms with Crippen molar-refractivity contribution in [1.82, 2.24) is 5.32 Å². The van der Waals surface area contributed by atoms with Crippen LogP contribution < -0.4 is 11.1 Å². The molecule has 78 valence electrons. The zero-order chi connectivity index (χ0) is 10.4. The second kappa shape index (κ2) is 5.94. The summed E-state index contributed by atoms with van der Waals surface area (Å²) in [5.41, 5.74) is 5.60. The van der Waals surface area contributed by atoms with Crippen LogP contribution in [-0.4, -0.2) is 29.7 Å². The average Bonchev–Trinajstić information content (AvgIpc) is 2.02. The standard InChI is InChI=1S/C9H20N2O2/c1-6(2)8(10)9(13)11-5-4-7(3)12/h6-8,12H,4-5,10H2,1-3H3,(H,11,13). The number of nitrogens with two attached hydrogens (primary N) is 1. The van der Waals surface area contributed by atoms with Gasteiger partial charge in [-0.05, 0) is 19.3 Å². The van der Waals surface area contributed by atoms with Crippen LogP contribution in [0.4, 0.5) is 0 Å². The molecule has 0 aromatic carbocycles. The first kappa shape index (κ1) is 12.4. The van der Waals surface area contributed by atoms with Crippen LogP contribution in [0, 0.1) is 5.92 Å². The third-order valence-electron chi connectivity index (χ3n) is 1.88. The number of hydrogen-bond donors (Lipinski definition) is 3. The van der Waals surface area contributed by atoms with Crippen molar-refractivity contribution in [3.8, 4) is 0 Å². The van der Waals surface area contributed by atoms with Crippen LogP contribution in [-0.2, 0) is 4.79 Å². The van der Waals surface area contributed by atoms with E-state index in [1.807, 2.05) is 13.8 Å². The number of aliphatic hydroxyl groups excluding tert-OH is 1. The van der Waals surface area contributed by atoms with Crippen LogP contribution in [0.5, 0.6) is 0 Å². The van der Waals surface area contributed by atoms with E-state index in [9.17, 15) is 4.79 Å². The Morgan fingerprint density at radius 2 is 2.00 bits per heavy atom. The number of carbonyl (C=O) groups excluding carboxylic acids is 1. The third-order valence-corrected chi connectivity index (χ3v) is 1.88. The number of nitrogens with one attached hydrogen (secondary N) is 1. The predicted molar refractivity (Wildman–Crippen MR) is 52.1 cm³/mol. The van der Waals surface area contributed by atoms with Gasteiger partial charge in [-0.1, -0.05) is 13.8 Å². The van der Waals surface area contributed by atoms with Gasteiger partial charge in [0.25, 0.3) is 0 Å². The summed E-state index contributed by atoms with van der Waals surface area (Å²) in [5.74, 6) is 0.00204. The van der Waals surface area contributed by atoms with Crippen molar-refractivity contribution in [2.24, 2.45) is 11.7 Å². The Kier molecular flexibility index (Phi) is 5.66. The molecular weight excluding hydrogens is 168 g/mol. The number of hydrogen-bond acceptors (Lipinski definition) is 3. The molecule has 2 unspecified atom stereocenters. The van der Waals surface area contributed by atoms with Gasteiger partial charge in [-0.2, -0.15) is 0 Å². The first-order chi connectivity index (χ1) is 5.95. The summed E-state index contributed by atoms with van der Waals surface area (Å²) < 4.78 is 0. The van der Waals surface area contributed by atoms with E-state index in [-0.39, 0.29) is 17.9 Å². The lowest BCUT2D eigenvalue weighted by atomic mass is 10.1. The Labute approximate surface area is 79.5 Å². The van der Waals surface area contributed by atoms with Gasteiger partial charge >= 0.3 is 0 Å². The highest BCUT2D eigenvalue weighted by Gasteiger charge is 2.16. The van der Waals surface area contributed by atoms with E-state index in [2.05, 4.69) is 5.32 Å². The molecule has 0 aliphatic rings. The quantitative estimate of drug-likeness (QED) is 0.562. The third kappa shape index (κ3) is 5.60. The van der Waals surface area contributed by atoms with Gasteiger partial charge in [-0.3, -0.25) is 4.79 Å². The summed E-state index contributed by atoms with van der Waals surface area (Å²) >= 11 is 0. The zero-order valence-corrected chi connectivity index (χ0v) is 8.58. The normalized spacial score (nSPS) is 15.5. The van der Waals surface area contributed by atoms with Crippen LogP contribution in [0.25, 0.3) is 0 Å². The maximum absolute atomic E-state index is 11.2. The van der Waals surface area contributed by atoms with Crippen LogP contribution in [0.2, 0.25) is 0 Å². The molecule has 0 saturated carbocycles. The summed E-state index contributed by atoms with van der Waals surface area (Å²) in [5, 5.41) is 11.6. The molecule has 4 N–H and O–H groups in total. The lowest BCUT2D eigenvalue weighted by Crippen LogP contribution is -2.44. The average molecular weight is 188 g/mol. The predicted octanol–water partition coefficient (Wildman–Crippen LogP) is -0.143. The van der Waals surface area contributed by atoms with Gasteiger partial charge in [-0.15, -0.1) is 0 Å². The van der Waals surface area contributed by atoms with E-state index in [0.29, 0.717) is 13.0 Å². The van der Waals surface area contributed by atoms with Crippen LogP contribution >= 0.6 is 0 Å². The highest BCUT2D eigenvalue weighted by molar-refractivity contribution is 5.81. The van der Waals surface area contributed by atoms with Crippen molar-refractivity contribution in [1.29, 1.82) is 0 Å². The first-order valence-corrected chi connectivity index (χ1v) is 4.66. The number of aliphatic hydroxyl groups is 1. The van der Waals surface area contributed by atoms with Crippen molar-refractivity contribution in [2.75, 3.05) is 6.54 Å². The molecule has 0 heterocycles. The van der Waals surface area contributed by atoms with Crippen LogP contribution in [0.3, 0.4) is 0 Å². The van der Waals surface area contributed by atoms with E-state index >= 15 is 0 Å². The molecule has 0 fully saturated rings. The molecule has 0 aliphatic heterocycles. The lowest BCUT2D eigenvalue weighted by molar-refractivity contribution is -0.123. The summed E-state index contributed by atoms with van der Waals surface area (Å²) in [6.45, 7) is 5.98. The Hall–Kier alpha value is -0.610. The topological polar surface area (TPSA) is 75.3 Å². The molecule has 0 rings (SSSR count). The van der Waals surface area contributed by atoms with Gasteiger partial charge in [0.1, 0.15) is 0 Å². The molecule has 0 radical (unpaired) electrons. The molecule has 0 bridgehead atoms. The van der Waals surface area contributed by atoms with Crippen molar-refractivity contribution in [3.63, 3.8) is 0 Å². The smallest absolute Gasteiger partial charge is 0.237 e. The number of rotatable bonds is 5. The zero-order valence-electron chi connectivity index (χ0n) is 8.58. The molecule has 1 amide bonds. The van der Waals surface area contributed by atoms with Gasteiger partial charge in [0.05, 0.1) is 12.1 Å². The van der Waals surface area contributed by atoms with Crippen LogP contribution in [0.15, 0.2) is 0 Å². The second-order valence-electron chi connectivity index (χ2n) is 3.70. The molecule has 2 atom stereocenters. The lowest BCUT2D eigenvalue weighted by Gasteiger charge is -2.15. The van der Waals surface area contributed by atoms with E-state index in [1.165, 1.54) is 0 Å². The molecule has 4 heteroatoms. The fourth-order valence-corrected chi connectivity index (χ4v) is 0.825. The Bertz CT molecular complexity index is 158.